The average Bonchev–Trinajstić information content (AvgIpc) is 2.38. The molecule has 0 saturated heterocycles. The van der Waals surface area contributed by atoms with Crippen LogP contribution in [-0.2, 0) is 0 Å². The summed E-state index contributed by atoms with van der Waals surface area (Å²) in [5.74, 6) is 0.771. The molecule has 0 spiro atoms. The fraction of sp³-hybridized carbons (Fsp3) is 0.462. The van der Waals surface area contributed by atoms with Crippen molar-refractivity contribution in [1.29, 1.82) is 0 Å². The number of carbonyl (C=O) groups is 1. The number of ether oxygens (including phenoxy) is 1. The minimum Gasteiger partial charge on any atom is -0.493 e. The summed E-state index contributed by atoms with van der Waals surface area (Å²) in [4.78, 5) is 11.5. The lowest BCUT2D eigenvalue weighted by Crippen LogP contribution is -2.41. The Kier molecular flexibility index (Phi) is 4.19. The smallest absolute Gasteiger partial charge is 0.315 e. The highest BCUT2D eigenvalue weighted by atomic mass is 19.3. The van der Waals surface area contributed by atoms with Crippen molar-refractivity contribution in [2.75, 3.05) is 13.2 Å². The largest absolute Gasteiger partial charge is 0.493 e. The molecule has 1 aliphatic heterocycles. The highest BCUT2D eigenvalue weighted by Crippen LogP contribution is 2.34. The lowest BCUT2D eigenvalue weighted by molar-refractivity contribution is 0.145. The highest BCUT2D eigenvalue weighted by molar-refractivity contribution is 5.74. The maximum Gasteiger partial charge on any atom is 0.315 e. The zero-order valence-corrected chi connectivity index (χ0v) is 10.6. The van der Waals surface area contributed by atoms with Gasteiger partial charge in [-0.3, -0.25) is 0 Å². The number of rotatable bonds is 3. The van der Waals surface area contributed by atoms with Crippen molar-refractivity contribution in [3.05, 3.63) is 29.3 Å². The van der Waals surface area contributed by atoms with Gasteiger partial charge < -0.3 is 15.4 Å². The fourth-order valence-electron chi connectivity index (χ4n) is 2.11. The van der Waals surface area contributed by atoms with Gasteiger partial charge in [-0.1, -0.05) is 18.2 Å². The molecule has 19 heavy (non-hydrogen) atoms. The number of amides is 2. The van der Waals surface area contributed by atoms with Crippen LogP contribution >= 0.6 is 0 Å². The second kappa shape index (κ2) is 5.86. The first-order valence-electron chi connectivity index (χ1n) is 6.12. The van der Waals surface area contributed by atoms with Crippen molar-refractivity contribution >= 4 is 6.03 Å². The van der Waals surface area contributed by atoms with Crippen LogP contribution in [-0.4, -0.2) is 25.6 Å². The monoisotopic (exact) mass is 270 g/mol. The Morgan fingerprint density at radius 3 is 3.05 bits per heavy atom. The predicted molar refractivity (Wildman–Crippen MR) is 66.6 cm³/mol. The van der Waals surface area contributed by atoms with E-state index < -0.39 is 19.0 Å². The number of alkyl halides is 2. The number of para-hydroxylation sites is 1. The number of hydrogen-bond donors (Lipinski definition) is 2. The molecule has 0 fully saturated rings. The molecule has 0 saturated carbocycles. The number of benzene rings is 1. The number of nitrogens with one attached hydrogen (secondary N) is 2. The molecule has 0 radical (unpaired) electrons. The molecule has 4 nitrogen and oxygen atoms in total. The molecule has 2 amide bonds. The van der Waals surface area contributed by atoms with E-state index in [1.807, 2.05) is 25.1 Å². The number of fused-ring (bicyclic) bond motifs is 1. The zero-order valence-electron chi connectivity index (χ0n) is 10.6. The van der Waals surface area contributed by atoms with Crippen molar-refractivity contribution in [2.45, 2.75) is 25.8 Å². The first-order chi connectivity index (χ1) is 9.08. The van der Waals surface area contributed by atoms with Crippen LogP contribution in [0.15, 0.2) is 18.2 Å². The summed E-state index contributed by atoms with van der Waals surface area (Å²) in [6.07, 6.45) is -1.92. The Labute approximate surface area is 110 Å². The minimum atomic E-state index is -2.55. The average molecular weight is 270 g/mol. The maximum absolute atomic E-state index is 12.0. The summed E-state index contributed by atoms with van der Waals surface area (Å²) >= 11 is 0. The van der Waals surface area contributed by atoms with Gasteiger partial charge in [0.25, 0.3) is 6.43 Å². The molecule has 0 aliphatic carbocycles. The fourth-order valence-corrected chi connectivity index (χ4v) is 2.11. The molecule has 0 bridgehead atoms. The molecule has 1 aromatic rings. The minimum absolute atomic E-state index is 0.207. The van der Waals surface area contributed by atoms with Gasteiger partial charge >= 0.3 is 6.03 Å². The van der Waals surface area contributed by atoms with Gasteiger partial charge in [-0.25, -0.2) is 13.6 Å². The van der Waals surface area contributed by atoms with Gasteiger partial charge in [0.05, 0.1) is 19.2 Å². The van der Waals surface area contributed by atoms with Gasteiger partial charge in [0.2, 0.25) is 0 Å². The van der Waals surface area contributed by atoms with E-state index in [1.165, 1.54) is 0 Å². The summed E-state index contributed by atoms with van der Waals surface area (Å²) < 4.78 is 29.6. The third-order valence-electron chi connectivity index (χ3n) is 2.99. The second-order valence-corrected chi connectivity index (χ2v) is 4.43. The van der Waals surface area contributed by atoms with E-state index in [0.29, 0.717) is 13.0 Å². The molecule has 1 aliphatic rings. The van der Waals surface area contributed by atoms with Crippen LogP contribution in [0.5, 0.6) is 5.75 Å². The van der Waals surface area contributed by atoms with Crippen molar-refractivity contribution in [2.24, 2.45) is 0 Å². The van der Waals surface area contributed by atoms with E-state index in [2.05, 4.69) is 10.6 Å². The van der Waals surface area contributed by atoms with E-state index in [1.54, 1.807) is 0 Å². The Bertz CT molecular complexity index is 466. The summed E-state index contributed by atoms with van der Waals surface area (Å²) in [7, 11) is 0. The first-order valence-corrected chi connectivity index (χ1v) is 6.12. The van der Waals surface area contributed by atoms with E-state index in [-0.39, 0.29) is 6.04 Å². The van der Waals surface area contributed by atoms with Gasteiger partial charge in [0.1, 0.15) is 5.75 Å². The molecule has 1 atom stereocenters. The number of carbonyl (C=O) groups excluding carboxylic acids is 1. The van der Waals surface area contributed by atoms with Crippen LogP contribution in [0.25, 0.3) is 0 Å². The first kappa shape index (κ1) is 13.6. The van der Waals surface area contributed by atoms with Crippen LogP contribution in [0, 0.1) is 6.92 Å². The van der Waals surface area contributed by atoms with Crippen molar-refractivity contribution in [3.8, 4) is 5.75 Å². The molecule has 0 aromatic heterocycles. The lowest BCUT2D eigenvalue weighted by Gasteiger charge is -2.27. The van der Waals surface area contributed by atoms with E-state index in [9.17, 15) is 13.6 Å². The van der Waals surface area contributed by atoms with Gasteiger partial charge in [-0.05, 0) is 12.5 Å². The quantitative estimate of drug-likeness (QED) is 0.886. The third-order valence-corrected chi connectivity index (χ3v) is 2.99. The number of halogens is 2. The molecule has 2 N–H and O–H groups in total. The molecule has 6 heteroatoms. The molecular formula is C13H16F2N2O2. The van der Waals surface area contributed by atoms with E-state index in [4.69, 9.17) is 4.74 Å². The lowest BCUT2D eigenvalue weighted by atomic mass is 9.98. The van der Waals surface area contributed by atoms with E-state index >= 15 is 0 Å². The highest BCUT2D eigenvalue weighted by Gasteiger charge is 2.24. The summed E-state index contributed by atoms with van der Waals surface area (Å²) in [6.45, 7) is 1.78. The van der Waals surface area contributed by atoms with Gasteiger partial charge in [0, 0.05) is 12.0 Å². The maximum atomic E-state index is 12.0. The molecular weight excluding hydrogens is 254 g/mol. The second-order valence-electron chi connectivity index (χ2n) is 4.43. The van der Waals surface area contributed by atoms with Crippen LogP contribution in [0.3, 0.4) is 0 Å². The van der Waals surface area contributed by atoms with Crippen LogP contribution in [0.4, 0.5) is 13.6 Å². The number of hydrogen-bond acceptors (Lipinski definition) is 2. The zero-order chi connectivity index (χ0) is 13.8. The van der Waals surface area contributed by atoms with E-state index in [0.717, 1.165) is 16.9 Å². The molecule has 1 aromatic carbocycles. The molecule has 2 rings (SSSR count). The molecule has 1 heterocycles. The van der Waals surface area contributed by atoms with Gasteiger partial charge in [-0.15, -0.1) is 0 Å². The Balaban J connectivity index is 2.03. The Morgan fingerprint density at radius 2 is 2.32 bits per heavy atom. The summed E-state index contributed by atoms with van der Waals surface area (Å²) in [6, 6.07) is 4.90. The Morgan fingerprint density at radius 1 is 1.53 bits per heavy atom. The molecule has 104 valence electrons. The van der Waals surface area contributed by atoms with Crippen LogP contribution in [0.1, 0.15) is 23.6 Å². The standard InChI is InChI=1S/C13H16F2N2O2/c1-8-3-2-4-9-10(5-6-19-12(8)9)17-13(18)16-7-11(14)15/h2-4,10-11H,5-7H2,1H3,(H2,16,17,18)/t10-/m0/s1. The van der Waals surface area contributed by atoms with Gasteiger partial charge in [0.15, 0.2) is 0 Å². The van der Waals surface area contributed by atoms with Crippen LogP contribution in [0.2, 0.25) is 0 Å². The van der Waals surface area contributed by atoms with Crippen molar-refractivity contribution < 1.29 is 18.3 Å². The van der Waals surface area contributed by atoms with Crippen molar-refractivity contribution in [3.63, 3.8) is 0 Å². The molecule has 0 unspecified atom stereocenters. The Hall–Kier alpha value is -1.85. The SMILES string of the molecule is Cc1cccc2c1OCC[C@@H]2NC(=O)NCC(F)F. The van der Waals surface area contributed by atoms with Crippen LogP contribution < -0.4 is 15.4 Å². The number of aryl methyl sites for hydroxylation is 1. The van der Waals surface area contributed by atoms with Crippen molar-refractivity contribution in [1.82, 2.24) is 10.6 Å². The predicted octanol–water partition coefficient (Wildman–Crippen LogP) is 2.38. The normalized spacial score (nSPS) is 17.6. The third kappa shape index (κ3) is 3.33. The number of urea groups is 1. The topological polar surface area (TPSA) is 50.4 Å². The summed E-state index contributed by atoms with van der Waals surface area (Å²) in [5, 5.41) is 4.83. The van der Waals surface area contributed by atoms with Gasteiger partial charge in [-0.2, -0.15) is 0 Å². The summed E-state index contributed by atoms with van der Waals surface area (Å²) in [5.41, 5.74) is 1.88.